The molecule has 8 heteroatoms. The number of imidazole rings is 1. The minimum atomic E-state index is -0.597. The highest BCUT2D eigenvalue weighted by Gasteiger charge is 2.38. The Morgan fingerprint density at radius 3 is 2.00 bits per heavy atom. The van der Waals surface area contributed by atoms with Crippen molar-refractivity contribution in [1.29, 1.82) is 0 Å². The molecule has 0 amide bonds. The first kappa shape index (κ1) is 32.5. The van der Waals surface area contributed by atoms with Crippen molar-refractivity contribution < 1.29 is 4.39 Å². The number of H-pyrrole nitrogens is 1. The smallest absolute Gasteiger partial charge is 0.191 e. The predicted octanol–water partition coefficient (Wildman–Crippen LogP) is 9.45. The summed E-state index contributed by atoms with van der Waals surface area (Å²) in [5.41, 5.74) is 7.01. The zero-order valence-corrected chi connectivity index (χ0v) is 28.9. The lowest BCUT2D eigenvalue weighted by Crippen LogP contribution is -2.36. The van der Waals surface area contributed by atoms with Crippen LogP contribution in [-0.4, -0.2) is 29.3 Å². The van der Waals surface area contributed by atoms with Crippen LogP contribution in [0.25, 0.3) is 10.9 Å². The lowest BCUT2D eigenvalue weighted by molar-refractivity contribution is 0.513. The minimum Gasteiger partial charge on any atom is -0.361 e. The van der Waals surface area contributed by atoms with Crippen molar-refractivity contribution in [1.82, 2.24) is 29.3 Å². The Morgan fingerprint density at radius 2 is 1.35 bits per heavy atom. The van der Waals surface area contributed by atoms with Crippen LogP contribution in [-0.2, 0) is 30.7 Å². The summed E-state index contributed by atoms with van der Waals surface area (Å²) in [5, 5.41) is 11.2. The number of hydrogen-bond acceptors (Lipinski definition) is 4. The van der Waals surface area contributed by atoms with Gasteiger partial charge in [-0.2, -0.15) is 0 Å². The van der Waals surface area contributed by atoms with Crippen molar-refractivity contribution in [3.63, 3.8) is 0 Å². The highest BCUT2D eigenvalue weighted by atomic mass is 32.2. The summed E-state index contributed by atoms with van der Waals surface area (Å²) in [4.78, 5) is 8.21. The van der Waals surface area contributed by atoms with Crippen LogP contribution in [0, 0.1) is 5.82 Å². The molecule has 0 saturated heterocycles. The molecule has 0 fully saturated rings. The maximum absolute atomic E-state index is 13.9. The second-order valence-electron chi connectivity index (χ2n) is 12.7. The van der Waals surface area contributed by atoms with Crippen LogP contribution >= 0.6 is 11.8 Å². The van der Waals surface area contributed by atoms with Gasteiger partial charge in [-0.1, -0.05) is 133 Å². The van der Waals surface area contributed by atoms with Crippen molar-refractivity contribution in [2.45, 2.75) is 42.3 Å². The SMILES string of the molecule is Fc1ccc2c(Cc3nnc(SCc4ccccc4)n3CCCc3cn(C(c4ccccc4)(c4ccccc4)c4ccccc4)cn3)c[nH]c2c1. The Bertz CT molecular complexity index is 2240. The number of nitrogens with zero attached hydrogens (tertiary/aromatic N) is 5. The summed E-state index contributed by atoms with van der Waals surface area (Å²) in [6, 6.07) is 47.3. The van der Waals surface area contributed by atoms with Crippen LogP contribution in [0.2, 0.25) is 0 Å². The van der Waals surface area contributed by atoms with E-state index in [9.17, 15) is 4.39 Å². The highest BCUT2D eigenvalue weighted by molar-refractivity contribution is 7.98. The molecule has 0 saturated carbocycles. The van der Waals surface area contributed by atoms with Crippen LogP contribution in [0.5, 0.6) is 0 Å². The Hall–Kier alpha value is -5.73. The zero-order chi connectivity index (χ0) is 34.5. The standard InChI is InChI=1S/C43H37FN6S/c44-37-23-24-39-33(28-45-40(39)27-37)26-41-47-48-42(51-30-32-14-5-1-6-15-32)50(41)25-13-22-38-29-49(31-46-38)43(34-16-7-2-8-17-34,35-18-9-3-10-19-35)36-20-11-4-12-21-36/h1-12,14-21,23-24,27-29,31,45H,13,22,25-26,30H2. The van der Waals surface area contributed by atoms with Crippen LogP contribution in [0.4, 0.5) is 4.39 Å². The Labute approximate surface area is 301 Å². The average Bonchev–Trinajstić information content (AvgIpc) is 3.92. The van der Waals surface area contributed by atoms with Crippen molar-refractivity contribution in [2.75, 3.05) is 0 Å². The third-order valence-corrected chi connectivity index (χ3v) is 10.5. The molecule has 0 radical (unpaired) electrons. The quantitative estimate of drug-likeness (QED) is 0.0969. The fourth-order valence-corrected chi connectivity index (χ4v) is 8.00. The predicted molar refractivity (Wildman–Crippen MR) is 202 cm³/mol. The van der Waals surface area contributed by atoms with Gasteiger partial charge in [-0.3, -0.25) is 0 Å². The highest BCUT2D eigenvalue weighted by Crippen LogP contribution is 2.41. The third-order valence-electron chi connectivity index (χ3n) is 9.49. The van der Waals surface area contributed by atoms with Gasteiger partial charge < -0.3 is 14.1 Å². The van der Waals surface area contributed by atoms with E-state index in [1.807, 2.05) is 24.7 Å². The first-order valence-corrected chi connectivity index (χ1v) is 18.2. The average molecular weight is 689 g/mol. The van der Waals surface area contributed by atoms with Crippen LogP contribution in [0.1, 0.15) is 45.8 Å². The summed E-state index contributed by atoms with van der Waals surface area (Å²) in [6.45, 7) is 0.741. The molecule has 0 spiro atoms. The topological polar surface area (TPSA) is 64.3 Å². The normalized spacial score (nSPS) is 11.7. The van der Waals surface area contributed by atoms with E-state index in [-0.39, 0.29) is 5.82 Å². The van der Waals surface area contributed by atoms with Gasteiger partial charge in [0.15, 0.2) is 5.16 Å². The molecule has 252 valence electrons. The molecule has 0 unspecified atom stereocenters. The van der Waals surface area contributed by atoms with Crippen molar-refractivity contribution in [3.05, 3.63) is 203 Å². The Balaban J connectivity index is 1.09. The first-order chi connectivity index (χ1) is 25.2. The van der Waals surface area contributed by atoms with Gasteiger partial charge >= 0.3 is 0 Å². The van der Waals surface area contributed by atoms with E-state index >= 15 is 0 Å². The molecule has 6 nitrogen and oxygen atoms in total. The van der Waals surface area contributed by atoms with E-state index in [0.29, 0.717) is 6.42 Å². The second kappa shape index (κ2) is 14.6. The molecule has 8 rings (SSSR count). The molecule has 3 aromatic heterocycles. The maximum Gasteiger partial charge on any atom is 0.191 e. The second-order valence-corrected chi connectivity index (χ2v) is 13.6. The van der Waals surface area contributed by atoms with Gasteiger partial charge in [0.1, 0.15) is 17.2 Å². The summed E-state index contributed by atoms with van der Waals surface area (Å²) >= 11 is 1.70. The number of nitrogens with one attached hydrogen (secondary N) is 1. The van der Waals surface area contributed by atoms with E-state index in [1.165, 1.54) is 34.4 Å². The monoisotopic (exact) mass is 688 g/mol. The molecule has 0 aliphatic rings. The van der Waals surface area contributed by atoms with Gasteiger partial charge in [0.25, 0.3) is 0 Å². The fraction of sp³-hybridized carbons (Fsp3) is 0.140. The summed E-state index contributed by atoms with van der Waals surface area (Å²) in [5.74, 6) is 1.43. The van der Waals surface area contributed by atoms with Gasteiger partial charge in [-0.15, -0.1) is 10.2 Å². The van der Waals surface area contributed by atoms with Gasteiger partial charge in [-0.05, 0) is 58.9 Å². The van der Waals surface area contributed by atoms with Gasteiger partial charge in [0.05, 0.1) is 12.0 Å². The van der Waals surface area contributed by atoms with E-state index in [2.05, 4.69) is 146 Å². The summed E-state index contributed by atoms with van der Waals surface area (Å²) in [6.07, 6.45) is 8.37. The number of aromatic nitrogens is 6. The largest absolute Gasteiger partial charge is 0.361 e. The summed E-state index contributed by atoms with van der Waals surface area (Å²) < 4.78 is 18.4. The molecule has 0 aliphatic heterocycles. The van der Waals surface area contributed by atoms with Gasteiger partial charge in [0.2, 0.25) is 0 Å². The third kappa shape index (κ3) is 6.62. The maximum atomic E-state index is 13.9. The zero-order valence-electron chi connectivity index (χ0n) is 28.1. The molecule has 1 N–H and O–H groups in total. The number of aryl methyl sites for hydroxylation is 1. The number of halogens is 1. The van der Waals surface area contributed by atoms with E-state index < -0.39 is 5.54 Å². The lowest BCUT2D eigenvalue weighted by atomic mass is 9.77. The molecule has 0 aliphatic carbocycles. The van der Waals surface area contributed by atoms with Crippen LogP contribution in [0.3, 0.4) is 0 Å². The van der Waals surface area contributed by atoms with Gasteiger partial charge in [-0.25, -0.2) is 9.37 Å². The minimum absolute atomic E-state index is 0.255. The molecule has 5 aromatic carbocycles. The van der Waals surface area contributed by atoms with E-state index in [0.717, 1.165) is 58.3 Å². The number of rotatable bonds is 13. The van der Waals surface area contributed by atoms with Gasteiger partial charge in [0, 0.05) is 42.0 Å². The fourth-order valence-electron chi connectivity index (χ4n) is 7.06. The van der Waals surface area contributed by atoms with Crippen LogP contribution < -0.4 is 0 Å². The Kier molecular flexibility index (Phi) is 9.32. The number of benzene rings is 5. The molecule has 3 heterocycles. The lowest BCUT2D eigenvalue weighted by Gasteiger charge is -2.37. The molecule has 51 heavy (non-hydrogen) atoms. The Morgan fingerprint density at radius 1 is 0.725 bits per heavy atom. The number of aromatic amines is 1. The molecular formula is C43H37FN6S. The number of fused-ring (bicyclic) bond motifs is 1. The number of thioether (sulfide) groups is 1. The van der Waals surface area contributed by atoms with Crippen LogP contribution in [0.15, 0.2) is 163 Å². The van der Waals surface area contributed by atoms with Crippen molar-refractivity contribution in [2.24, 2.45) is 0 Å². The van der Waals surface area contributed by atoms with Crippen molar-refractivity contribution in [3.8, 4) is 0 Å². The molecule has 0 bridgehead atoms. The molecule has 8 aromatic rings. The number of hydrogen-bond donors (Lipinski definition) is 1. The van der Waals surface area contributed by atoms with E-state index in [1.54, 1.807) is 11.8 Å². The first-order valence-electron chi connectivity index (χ1n) is 17.2. The summed E-state index contributed by atoms with van der Waals surface area (Å²) in [7, 11) is 0. The molecular weight excluding hydrogens is 652 g/mol. The van der Waals surface area contributed by atoms with E-state index in [4.69, 9.17) is 4.98 Å². The van der Waals surface area contributed by atoms with Crippen molar-refractivity contribution >= 4 is 22.7 Å². The molecule has 0 atom stereocenters.